The lowest BCUT2D eigenvalue weighted by atomic mass is 9.33. The molecule has 0 N–H and O–H groups in total. The molecule has 0 fully saturated rings. The third-order valence-corrected chi connectivity index (χ3v) is 16.8. The molecular formula is C68H72BN3S. The molecule has 0 bridgehead atoms. The molecule has 5 heteroatoms. The van der Waals surface area contributed by atoms with Crippen molar-refractivity contribution in [3.63, 3.8) is 0 Å². The fourth-order valence-electron chi connectivity index (χ4n) is 11.3. The van der Waals surface area contributed by atoms with Crippen LogP contribution < -0.4 is 31.1 Å². The van der Waals surface area contributed by atoms with Crippen molar-refractivity contribution < 1.29 is 0 Å². The molecule has 0 atom stereocenters. The molecule has 1 aromatic heterocycles. The van der Waals surface area contributed by atoms with Crippen LogP contribution in [-0.4, -0.2) is 6.71 Å². The van der Waals surface area contributed by atoms with Crippen molar-refractivity contribution in [3.8, 4) is 0 Å². The Bertz CT molecular complexity index is 3530. The summed E-state index contributed by atoms with van der Waals surface area (Å²) in [5.41, 5.74) is 21.3. The summed E-state index contributed by atoms with van der Waals surface area (Å²) < 4.78 is 2.55. The van der Waals surface area contributed by atoms with Crippen LogP contribution in [0.5, 0.6) is 0 Å². The smallest absolute Gasteiger partial charge is 0.252 e. The monoisotopic (exact) mass is 974 g/mol. The fourth-order valence-corrected chi connectivity index (χ4v) is 12.5. The molecule has 2 aliphatic heterocycles. The number of benzene rings is 8. The van der Waals surface area contributed by atoms with Gasteiger partial charge in [0.15, 0.2) is 0 Å². The van der Waals surface area contributed by atoms with E-state index in [2.05, 4.69) is 282 Å². The average Bonchev–Trinajstić information content (AvgIpc) is 3.71. The topological polar surface area (TPSA) is 9.72 Å². The number of hydrogen-bond acceptors (Lipinski definition) is 4. The highest BCUT2D eigenvalue weighted by Crippen LogP contribution is 2.52. The summed E-state index contributed by atoms with van der Waals surface area (Å²) in [6.07, 6.45) is 0. The van der Waals surface area contributed by atoms with Gasteiger partial charge in [-0.1, -0.05) is 189 Å². The molecule has 0 aliphatic carbocycles. The molecule has 2 aliphatic rings. The first-order chi connectivity index (χ1) is 34.4. The molecule has 0 amide bonds. The van der Waals surface area contributed by atoms with Crippen LogP contribution in [0.4, 0.5) is 51.2 Å². The van der Waals surface area contributed by atoms with Gasteiger partial charge in [0.25, 0.3) is 6.71 Å². The van der Waals surface area contributed by atoms with Crippen LogP contribution in [0.15, 0.2) is 164 Å². The Kier molecular flexibility index (Phi) is 11.3. The molecule has 0 radical (unpaired) electrons. The minimum atomic E-state index is -0.0619. The summed E-state index contributed by atoms with van der Waals surface area (Å²) in [6.45, 7) is 34.8. The zero-order chi connectivity index (χ0) is 51.7. The van der Waals surface area contributed by atoms with Crippen molar-refractivity contribution >= 4 is 106 Å². The van der Waals surface area contributed by atoms with E-state index in [1.165, 1.54) is 98.5 Å². The highest BCUT2D eigenvalue weighted by Gasteiger charge is 2.44. The minimum Gasteiger partial charge on any atom is -0.311 e. The number of nitrogens with zero attached hydrogens (tertiary/aromatic N) is 3. The average molecular weight is 974 g/mol. The van der Waals surface area contributed by atoms with Crippen LogP contribution in [0.25, 0.3) is 20.2 Å². The lowest BCUT2D eigenvalue weighted by Crippen LogP contribution is -2.61. The third kappa shape index (κ3) is 8.46. The summed E-state index contributed by atoms with van der Waals surface area (Å²) in [5.74, 6) is 0. The van der Waals surface area contributed by atoms with Gasteiger partial charge in [0.2, 0.25) is 0 Å². The number of rotatable bonds is 5. The molecule has 8 aromatic carbocycles. The number of thiophene rings is 1. The first-order valence-electron chi connectivity index (χ1n) is 26.5. The molecule has 0 saturated heterocycles. The van der Waals surface area contributed by atoms with E-state index < -0.39 is 0 Å². The lowest BCUT2D eigenvalue weighted by Gasteiger charge is -2.45. The molecule has 11 rings (SSSR count). The van der Waals surface area contributed by atoms with Crippen molar-refractivity contribution in [1.82, 2.24) is 0 Å². The van der Waals surface area contributed by atoms with E-state index in [0.717, 1.165) is 17.1 Å². The summed E-state index contributed by atoms with van der Waals surface area (Å²) in [6, 6.07) is 63.6. The van der Waals surface area contributed by atoms with Gasteiger partial charge < -0.3 is 14.7 Å². The molecule has 73 heavy (non-hydrogen) atoms. The highest BCUT2D eigenvalue weighted by molar-refractivity contribution is 7.26. The minimum absolute atomic E-state index is 0.000740. The Morgan fingerprint density at radius 3 is 1.29 bits per heavy atom. The summed E-state index contributed by atoms with van der Waals surface area (Å²) in [4.78, 5) is 7.68. The highest BCUT2D eigenvalue weighted by atomic mass is 32.1. The quantitative estimate of drug-likeness (QED) is 0.159. The molecule has 3 nitrogen and oxygen atoms in total. The molecule has 368 valence electrons. The van der Waals surface area contributed by atoms with Crippen LogP contribution in [0.1, 0.15) is 132 Å². The zero-order valence-electron chi connectivity index (χ0n) is 45.9. The molecule has 0 saturated carbocycles. The van der Waals surface area contributed by atoms with Crippen molar-refractivity contribution in [2.45, 2.75) is 131 Å². The van der Waals surface area contributed by atoms with Crippen molar-refractivity contribution in [1.29, 1.82) is 0 Å². The van der Waals surface area contributed by atoms with Crippen molar-refractivity contribution in [3.05, 3.63) is 192 Å². The van der Waals surface area contributed by atoms with Crippen molar-refractivity contribution in [2.24, 2.45) is 0 Å². The van der Waals surface area contributed by atoms with Gasteiger partial charge >= 0.3 is 0 Å². The second-order valence-corrected chi connectivity index (χ2v) is 27.1. The maximum atomic E-state index is 2.64. The molecule has 9 aromatic rings. The van der Waals surface area contributed by atoms with Crippen LogP contribution in [-0.2, 0) is 27.1 Å². The van der Waals surface area contributed by atoms with E-state index >= 15 is 0 Å². The van der Waals surface area contributed by atoms with Crippen LogP contribution in [0.3, 0.4) is 0 Å². The van der Waals surface area contributed by atoms with E-state index in [1.54, 1.807) is 0 Å². The fraction of sp³-hybridized carbons (Fsp3) is 0.294. The number of anilines is 9. The first kappa shape index (κ1) is 48.7. The van der Waals surface area contributed by atoms with Gasteiger partial charge in [-0.2, -0.15) is 0 Å². The lowest BCUT2D eigenvalue weighted by molar-refractivity contribution is 0.590. The SMILES string of the molecule is CC(C)(C)c1ccc(N(c2ccc(C(C)(C)C)cc2)c2cc(N3c4ccc(C(C)(C)C)cc4B4c5cc(C(C)(C)C)ccc5N(c5ccc(C(C)(C)C)cc5)c5cccc3c54)c3c(c2)sc2ccccc23)cc1. The Morgan fingerprint density at radius 2 is 0.795 bits per heavy atom. The number of hydrogen-bond donors (Lipinski definition) is 0. The normalized spacial score (nSPS) is 13.9. The van der Waals surface area contributed by atoms with E-state index in [-0.39, 0.29) is 33.8 Å². The molecule has 3 heterocycles. The Labute approximate surface area is 440 Å². The molecular weight excluding hydrogens is 902 g/mol. The second kappa shape index (κ2) is 17.0. The second-order valence-electron chi connectivity index (χ2n) is 26.0. The van der Waals surface area contributed by atoms with Gasteiger partial charge in [0, 0.05) is 65.7 Å². The Balaban J connectivity index is 1.23. The van der Waals surface area contributed by atoms with Gasteiger partial charge in [-0.05, 0) is 150 Å². The maximum absolute atomic E-state index is 2.64. The number of fused-ring (bicyclic) bond motifs is 7. The summed E-state index contributed by atoms with van der Waals surface area (Å²) in [7, 11) is 0. The molecule has 0 unspecified atom stereocenters. The maximum Gasteiger partial charge on any atom is 0.252 e. The van der Waals surface area contributed by atoms with Gasteiger partial charge in [0.05, 0.1) is 5.69 Å². The largest absolute Gasteiger partial charge is 0.311 e. The van der Waals surface area contributed by atoms with Gasteiger partial charge in [0.1, 0.15) is 0 Å². The summed E-state index contributed by atoms with van der Waals surface area (Å²) in [5, 5.41) is 2.55. The summed E-state index contributed by atoms with van der Waals surface area (Å²) >= 11 is 1.89. The van der Waals surface area contributed by atoms with Gasteiger partial charge in [-0.3, -0.25) is 0 Å². The van der Waals surface area contributed by atoms with E-state index in [4.69, 9.17) is 0 Å². The Morgan fingerprint density at radius 1 is 0.356 bits per heavy atom. The van der Waals surface area contributed by atoms with E-state index in [9.17, 15) is 0 Å². The predicted molar refractivity (Wildman–Crippen MR) is 322 cm³/mol. The van der Waals surface area contributed by atoms with Crippen LogP contribution >= 0.6 is 11.3 Å². The van der Waals surface area contributed by atoms with Crippen molar-refractivity contribution in [2.75, 3.05) is 14.7 Å². The predicted octanol–water partition coefficient (Wildman–Crippen LogP) is 18.1. The van der Waals surface area contributed by atoms with Gasteiger partial charge in [-0.15, -0.1) is 11.3 Å². The standard InChI is InChI=1S/C68H72BN3S/c1-64(2,3)43-23-31-48(32-24-43)70(49-33-25-44(26-34-49)65(4,5)6)51-41-59(62-52-19-16-17-22-60(52)73-61(62)42-51)72-56-38-30-47(68(13,14)15)40-54(56)69-53-39-46(67(10,11)12)29-37-55(53)71(57-20-18-21-58(72)63(57)69)50-35-27-45(28-36-50)66(7,8)9/h16-42H,1-15H3. The van der Waals surface area contributed by atoms with Crippen LogP contribution in [0.2, 0.25) is 0 Å². The zero-order valence-corrected chi connectivity index (χ0v) is 46.7. The van der Waals surface area contributed by atoms with E-state index in [0.29, 0.717) is 0 Å². The third-order valence-electron chi connectivity index (χ3n) is 15.6. The van der Waals surface area contributed by atoms with Crippen LogP contribution in [0, 0.1) is 0 Å². The first-order valence-corrected chi connectivity index (χ1v) is 27.3. The Hall–Kier alpha value is -6.56. The van der Waals surface area contributed by atoms with E-state index in [1.807, 2.05) is 11.3 Å². The van der Waals surface area contributed by atoms with Gasteiger partial charge in [-0.25, -0.2) is 0 Å². The molecule has 0 spiro atoms.